The number of hydrogen-bond acceptors (Lipinski definition) is 5. The SMILES string of the molecule is CCN(C[C@@]12CC[C@@H](c3cc(-c4c(F)cccc4F)nnc31)C2(C)C)C(=O)c1cccc(-n2cnnc2)c1. The summed E-state index contributed by atoms with van der Waals surface area (Å²) in [5, 5.41) is 16.6. The minimum absolute atomic E-state index is 0.0671. The lowest BCUT2D eigenvalue weighted by Gasteiger charge is -2.41. The Bertz CT molecular complexity index is 1520. The number of halogens is 2. The Balaban J connectivity index is 1.36. The third kappa shape index (κ3) is 3.48. The van der Waals surface area contributed by atoms with Crippen molar-refractivity contribution in [1.29, 1.82) is 0 Å². The Morgan fingerprint density at radius 3 is 2.47 bits per heavy atom. The highest BCUT2D eigenvalue weighted by atomic mass is 19.1. The fraction of sp³-hybridized carbons (Fsp3) is 0.345. The van der Waals surface area contributed by atoms with E-state index in [2.05, 4.69) is 34.2 Å². The Hall–Kier alpha value is -4.01. The average Bonchev–Trinajstić information content (AvgIpc) is 3.58. The second-order valence-corrected chi connectivity index (χ2v) is 10.8. The van der Waals surface area contributed by atoms with Gasteiger partial charge in [-0.1, -0.05) is 26.0 Å². The van der Waals surface area contributed by atoms with E-state index < -0.39 is 17.0 Å². The van der Waals surface area contributed by atoms with E-state index in [0.29, 0.717) is 18.7 Å². The van der Waals surface area contributed by atoms with Gasteiger partial charge in [-0.2, -0.15) is 10.2 Å². The molecule has 0 saturated heterocycles. The summed E-state index contributed by atoms with van der Waals surface area (Å²) < 4.78 is 30.8. The molecule has 1 saturated carbocycles. The van der Waals surface area contributed by atoms with E-state index in [1.165, 1.54) is 18.2 Å². The number of carbonyl (C=O) groups is 1. The summed E-state index contributed by atoms with van der Waals surface area (Å²) in [5.74, 6) is -1.23. The van der Waals surface area contributed by atoms with Crippen molar-refractivity contribution in [2.75, 3.05) is 13.1 Å². The van der Waals surface area contributed by atoms with Crippen LogP contribution >= 0.6 is 0 Å². The Kier molecular flexibility index (Phi) is 5.63. The molecule has 0 N–H and O–H groups in total. The van der Waals surface area contributed by atoms with E-state index in [1.807, 2.05) is 36.1 Å². The van der Waals surface area contributed by atoms with Crippen molar-refractivity contribution in [2.24, 2.45) is 5.41 Å². The molecular weight excluding hydrogens is 486 g/mol. The van der Waals surface area contributed by atoms with Crippen LogP contribution in [0.25, 0.3) is 16.9 Å². The van der Waals surface area contributed by atoms with E-state index in [9.17, 15) is 13.6 Å². The largest absolute Gasteiger partial charge is 0.338 e. The quantitative estimate of drug-likeness (QED) is 0.348. The van der Waals surface area contributed by atoms with Crippen LogP contribution in [0, 0.1) is 17.0 Å². The minimum Gasteiger partial charge on any atom is -0.338 e. The van der Waals surface area contributed by atoms with Gasteiger partial charge in [0, 0.05) is 29.8 Å². The van der Waals surface area contributed by atoms with Crippen LogP contribution in [-0.2, 0) is 5.41 Å². The van der Waals surface area contributed by atoms with Crippen molar-refractivity contribution in [1.82, 2.24) is 29.9 Å². The van der Waals surface area contributed by atoms with Crippen LogP contribution in [0.1, 0.15) is 61.1 Å². The fourth-order valence-electron chi connectivity index (χ4n) is 6.61. The van der Waals surface area contributed by atoms with E-state index in [4.69, 9.17) is 0 Å². The van der Waals surface area contributed by atoms with Gasteiger partial charge in [0.2, 0.25) is 0 Å². The molecule has 2 aliphatic carbocycles. The Morgan fingerprint density at radius 2 is 1.76 bits per heavy atom. The molecule has 9 heteroatoms. The highest BCUT2D eigenvalue weighted by molar-refractivity contribution is 5.95. The van der Waals surface area contributed by atoms with Crippen LogP contribution in [0.15, 0.2) is 61.2 Å². The standard InChI is InChI=1S/C29H28F2N6O/c1-4-36(27(38)18-7-5-8-19(13-18)37-16-32-33-17-37)15-29-12-11-21(28(29,2)3)20-14-24(34-35-26(20)29)25-22(30)9-6-10-23(25)31/h5-10,13-14,16-17,21H,4,11-12,15H2,1-3H3/t21-,29-/m0/s1. The predicted octanol–water partition coefficient (Wildman–Crippen LogP) is 5.32. The first-order valence-corrected chi connectivity index (χ1v) is 12.8. The Morgan fingerprint density at radius 1 is 1.05 bits per heavy atom. The van der Waals surface area contributed by atoms with Crippen molar-refractivity contribution in [3.63, 3.8) is 0 Å². The molecular formula is C29H28F2N6O. The van der Waals surface area contributed by atoms with Crippen molar-refractivity contribution in [2.45, 2.75) is 44.9 Å². The number of rotatable bonds is 6. The van der Waals surface area contributed by atoms with Gasteiger partial charge in [-0.15, -0.1) is 10.2 Å². The van der Waals surface area contributed by atoms with Crippen molar-refractivity contribution in [3.8, 4) is 16.9 Å². The number of hydrogen-bond donors (Lipinski definition) is 0. The van der Waals surface area contributed by atoms with E-state index >= 15 is 0 Å². The molecule has 7 nitrogen and oxygen atoms in total. The zero-order chi connectivity index (χ0) is 26.7. The molecule has 6 rings (SSSR count). The first-order valence-electron chi connectivity index (χ1n) is 12.8. The molecule has 194 valence electrons. The van der Waals surface area contributed by atoms with Crippen LogP contribution in [0.2, 0.25) is 0 Å². The van der Waals surface area contributed by atoms with Crippen LogP contribution < -0.4 is 0 Å². The summed E-state index contributed by atoms with van der Waals surface area (Å²) >= 11 is 0. The van der Waals surface area contributed by atoms with Crippen molar-refractivity contribution >= 4 is 5.91 Å². The van der Waals surface area contributed by atoms with Crippen LogP contribution in [0.4, 0.5) is 8.78 Å². The molecule has 2 aromatic carbocycles. The molecule has 1 amide bonds. The first kappa shape index (κ1) is 24.3. The van der Waals surface area contributed by atoms with Crippen molar-refractivity contribution in [3.05, 3.63) is 89.6 Å². The van der Waals surface area contributed by atoms with E-state index in [-0.39, 0.29) is 28.5 Å². The van der Waals surface area contributed by atoms with Gasteiger partial charge < -0.3 is 4.90 Å². The number of amides is 1. The maximum Gasteiger partial charge on any atom is 0.253 e. The summed E-state index contributed by atoms with van der Waals surface area (Å²) in [5.41, 5.74) is 2.62. The molecule has 4 aromatic rings. The van der Waals surface area contributed by atoms with Gasteiger partial charge in [-0.25, -0.2) is 8.78 Å². The summed E-state index contributed by atoms with van der Waals surface area (Å²) in [7, 11) is 0. The topological polar surface area (TPSA) is 76.8 Å². The molecule has 2 bridgehead atoms. The number of aromatic nitrogens is 5. The first-order chi connectivity index (χ1) is 18.3. The van der Waals surface area contributed by atoms with Gasteiger partial charge in [0.05, 0.1) is 17.0 Å². The minimum atomic E-state index is -0.659. The fourth-order valence-corrected chi connectivity index (χ4v) is 6.61. The average molecular weight is 515 g/mol. The number of likely N-dealkylation sites (N-methyl/N-ethyl adjacent to an activating group) is 1. The molecule has 2 heterocycles. The molecule has 2 atom stereocenters. The molecule has 0 radical (unpaired) electrons. The molecule has 1 fully saturated rings. The van der Waals surface area contributed by atoms with Gasteiger partial charge in [0.1, 0.15) is 24.3 Å². The molecule has 0 spiro atoms. The second kappa shape index (κ2) is 8.79. The monoisotopic (exact) mass is 514 g/mol. The second-order valence-electron chi connectivity index (χ2n) is 10.8. The Labute approximate surface area is 219 Å². The normalized spacial score (nSPS) is 20.9. The predicted molar refractivity (Wildman–Crippen MR) is 138 cm³/mol. The lowest BCUT2D eigenvalue weighted by molar-refractivity contribution is 0.0652. The molecule has 0 unspecified atom stereocenters. The number of benzene rings is 2. The summed E-state index contributed by atoms with van der Waals surface area (Å²) in [6.07, 6.45) is 4.97. The van der Waals surface area contributed by atoms with E-state index in [1.54, 1.807) is 23.3 Å². The lowest BCUT2D eigenvalue weighted by atomic mass is 9.68. The highest BCUT2D eigenvalue weighted by Gasteiger charge is 2.64. The summed E-state index contributed by atoms with van der Waals surface area (Å²) in [6, 6.07) is 13.0. The van der Waals surface area contributed by atoms with E-state index in [0.717, 1.165) is 29.8 Å². The third-order valence-electron chi connectivity index (χ3n) is 8.78. The highest BCUT2D eigenvalue weighted by Crippen LogP contribution is 2.67. The smallest absolute Gasteiger partial charge is 0.253 e. The summed E-state index contributed by atoms with van der Waals surface area (Å²) in [6.45, 7) is 7.40. The zero-order valence-corrected chi connectivity index (χ0v) is 21.5. The van der Waals surface area contributed by atoms with Crippen LogP contribution in [0.5, 0.6) is 0 Å². The summed E-state index contributed by atoms with van der Waals surface area (Å²) in [4.78, 5) is 15.6. The maximum absolute atomic E-state index is 14.5. The maximum atomic E-state index is 14.5. The molecule has 0 aliphatic heterocycles. The third-order valence-corrected chi connectivity index (χ3v) is 8.78. The molecule has 38 heavy (non-hydrogen) atoms. The van der Waals surface area contributed by atoms with Gasteiger partial charge in [-0.3, -0.25) is 9.36 Å². The van der Waals surface area contributed by atoms with Gasteiger partial charge in [-0.05, 0) is 73.1 Å². The zero-order valence-electron chi connectivity index (χ0n) is 21.5. The van der Waals surface area contributed by atoms with Crippen molar-refractivity contribution < 1.29 is 13.6 Å². The van der Waals surface area contributed by atoms with Gasteiger partial charge >= 0.3 is 0 Å². The van der Waals surface area contributed by atoms with Gasteiger partial charge in [0.25, 0.3) is 5.91 Å². The van der Waals surface area contributed by atoms with Crippen LogP contribution in [0.3, 0.4) is 0 Å². The van der Waals surface area contributed by atoms with Crippen LogP contribution in [-0.4, -0.2) is 48.9 Å². The number of nitrogens with zero attached hydrogens (tertiary/aromatic N) is 6. The molecule has 2 aromatic heterocycles. The number of fused-ring (bicyclic) bond motifs is 5. The lowest BCUT2D eigenvalue weighted by Crippen LogP contribution is -2.48. The number of carbonyl (C=O) groups excluding carboxylic acids is 1. The van der Waals surface area contributed by atoms with Gasteiger partial charge in [0.15, 0.2) is 0 Å². The molecule has 2 aliphatic rings.